The van der Waals surface area contributed by atoms with Gasteiger partial charge in [-0.2, -0.15) is 5.43 Å². The van der Waals surface area contributed by atoms with Gasteiger partial charge in [0.2, 0.25) is 0 Å². The summed E-state index contributed by atoms with van der Waals surface area (Å²) in [5, 5.41) is 4.44. The van der Waals surface area contributed by atoms with Crippen molar-refractivity contribution in [3.63, 3.8) is 0 Å². The third kappa shape index (κ3) is 3.08. The molecule has 0 atom stereocenters. The van der Waals surface area contributed by atoms with Gasteiger partial charge in [0, 0.05) is 6.54 Å². The molecule has 0 aromatic carbocycles. The fourth-order valence-electron chi connectivity index (χ4n) is 0.242. The number of carbonyl (C=O) groups excluding carboxylic acids is 1. The molecule has 5 nitrogen and oxygen atoms in total. The van der Waals surface area contributed by atoms with Crippen molar-refractivity contribution in [1.29, 1.82) is 0 Å². The van der Waals surface area contributed by atoms with Crippen LogP contribution in [0.1, 0.15) is 6.92 Å². The van der Waals surface area contributed by atoms with Gasteiger partial charge in [-0.05, 0) is 6.92 Å². The number of nitroso groups, excluding NO2 is 1. The normalized spacial score (nSPS) is 7.62. The van der Waals surface area contributed by atoms with Gasteiger partial charge in [0.15, 0.2) is 0 Å². The smallest absolute Gasteiger partial charge is 0.337 e. The molecule has 0 fully saturated rings. The van der Waals surface area contributed by atoms with Crippen LogP contribution in [-0.2, 0) is 0 Å². The average Bonchev–Trinajstić information content (AvgIpc) is 1.68. The van der Waals surface area contributed by atoms with E-state index in [0.29, 0.717) is 6.54 Å². The SMILES string of the molecule is CCNC(=O)NN=O. The Morgan fingerprint density at radius 1 is 1.75 bits per heavy atom. The lowest BCUT2D eigenvalue weighted by atomic mass is 10.7. The van der Waals surface area contributed by atoms with Crippen molar-refractivity contribution in [2.45, 2.75) is 6.92 Å². The van der Waals surface area contributed by atoms with E-state index >= 15 is 0 Å². The Hall–Kier alpha value is -1.13. The first kappa shape index (κ1) is 6.87. The van der Waals surface area contributed by atoms with Crippen LogP contribution in [0, 0.1) is 4.91 Å². The summed E-state index contributed by atoms with van der Waals surface area (Å²) in [6.45, 7) is 2.23. The minimum atomic E-state index is -0.567. The highest BCUT2D eigenvalue weighted by Crippen LogP contribution is 1.60. The summed E-state index contributed by atoms with van der Waals surface area (Å²) < 4.78 is 0. The van der Waals surface area contributed by atoms with Gasteiger partial charge in [-0.15, -0.1) is 4.91 Å². The molecule has 0 aliphatic rings. The molecular formula is C3H7N3O2. The maximum absolute atomic E-state index is 10.1. The highest BCUT2D eigenvalue weighted by atomic mass is 16.3. The third-order valence-corrected chi connectivity index (χ3v) is 0.485. The molecule has 0 unspecified atom stereocenters. The Bertz CT molecular complexity index is 92.5. The van der Waals surface area contributed by atoms with Gasteiger partial charge in [0.05, 0.1) is 5.29 Å². The van der Waals surface area contributed by atoms with Gasteiger partial charge in [0.1, 0.15) is 0 Å². The van der Waals surface area contributed by atoms with Crippen LogP contribution in [0.5, 0.6) is 0 Å². The topological polar surface area (TPSA) is 70.6 Å². The Labute approximate surface area is 46.4 Å². The van der Waals surface area contributed by atoms with Gasteiger partial charge in [-0.3, -0.25) is 0 Å². The van der Waals surface area contributed by atoms with Gasteiger partial charge in [-0.25, -0.2) is 4.79 Å². The zero-order valence-electron chi connectivity index (χ0n) is 4.47. The van der Waals surface area contributed by atoms with Crippen LogP contribution in [0.2, 0.25) is 0 Å². The van der Waals surface area contributed by atoms with Gasteiger partial charge >= 0.3 is 6.03 Å². The van der Waals surface area contributed by atoms with Crippen LogP contribution in [0.3, 0.4) is 0 Å². The quantitative estimate of drug-likeness (QED) is 0.394. The first-order valence-corrected chi connectivity index (χ1v) is 2.17. The van der Waals surface area contributed by atoms with E-state index in [1.54, 1.807) is 12.3 Å². The molecular weight excluding hydrogens is 110 g/mol. The second-order valence-corrected chi connectivity index (χ2v) is 1.06. The van der Waals surface area contributed by atoms with E-state index < -0.39 is 6.03 Å². The molecule has 0 bridgehead atoms. The Morgan fingerprint density at radius 3 is 2.75 bits per heavy atom. The van der Waals surface area contributed by atoms with Gasteiger partial charge in [0.25, 0.3) is 0 Å². The third-order valence-electron chi connectivity index (χ3n) is 0.485. The predicted molar refractivity (Wildman–Crippen MR) is 28.0 cm³/mol. The molecule has 0 aliphatic carbocycles. The first-order chi connectivity index (χ1) is 3.81. The largest absolute Gasteiger partial charge is 0.337 e. The van der Waals surface area contributed by atoms with Crippen molar-refractivity contribution >= 4 is 6.03 Å². The number of carbonyl (C=O) groups is 1. The molecule has 0 aliphatic heterocycles. The van der Waals surface area contributed by atoms with E-state index in [2.05, 4.69) is 10.6 Å². The average molecular weight is 117 g/mol. The Kier molecular flexibility index (Phi) is 3.47. The summed E-state index contributed by atoms with van der Waals surface area (Å²) in [5.41, 5.74) is 1.67. The van der Waals surface area contributed by atoms with Crippen molar-refractivity contribution < 1.29 is 4.79 Å². The predicted octanol–water partition coefficient (Wildman–Crippen LogP) is -0.0131. The molecule has 8 heavy (non-hydrogen) atoms. The molecule has 0 rings (SSSR count). The molecule has 0 radical (unpaired) electrons. The molecule has 0 saturated heterocycles. The van der Waals surface area contributed by atoms with E-state index in [1.807, 2.05) is 0 Å². The van der Waals surface area contributed by atoms with Crippen LogP contribution < -0.4 is 10.7 Å². The Balaban J connectivity index is 3.18. The molecule has 5 heteroatoms. The maximum Gasteiger partial charge on any atom is 0.337 e. The lowest BCUT2D eigenvalue weighted by Gasteiger charge is -1.93. The van der Waals surface area contributed by atoms with Crippen molar-refractivity contribution in [3.05, 3.63) is 4.91 Å². The minimum absolute atomic E-state index is 0.487. The van der Waals surface area contributed by atoms with Gasteiger partial charge < -0.3 is 5.32 Å². The van der Waals surface area contributed by atoms with E-state index in [9.17, 15) is 9.70 Å². The number of nitrogens with zero attached hydrogens (tertiary/aromatic N) is 1. The molecule has 0 saturated carbocycles. The number of hydrogen-bond donors (Lipinski definition) is 2. The second kappa shape index (κ2) is 4.04. The van der Waals surface area contributed by atoms with Crippen molar-refractivity contribution in [3.8, 4) is 0 Å². The number of nitrogens with one attached hydrogen (secondary N) is 2. The van der Waals surface area contributed by atoms with E-state index in [4.69, 9.17) is 0 Å². The highest BCUT2D eigenvalue weighted by Gasteiger charge is 1.91. The van der Waals surface area contributed by atoms with Gasteiger partial charge in [-0.1, -0.05) is 0 Å². The molecule has 0 aromatic rings. The Morgan fingerprint density at radius 2 is 2.38 bits per heavy atom. The van der Waals surface area contributed by atoms with E-state index in [0.717, 1.165) is 0 Å². The molecule has 2 N–H and O–H groups in total. The molecule has 46 valence electrons. The lowest BCUT2D eigenvalue weighted by molar-refractivity contribution is 0.242. The number of hydrogen-bond acceptors (Lipinski definition) is 3. The summed E-state index contributed by atoms with van der Waals surface area (Å²) in [6.07, 6.45) is 0. The fraction of sp³-hybridized carbons (Fsp3) is 0.667. The van der Waals surface area contributed by atoms with Crippen LogP contribution in [0.15, 0.2) is 5.29 Å². The fourth-order valence-corrected chi connectivity index (χ4v) is 0.242. The maximum atomic E-state index is 10.1. The number of rotatable bonds is 2. The molecule has 0 aromatic heterocycles. The summed E-state index contributed by atoms with van der Waals surface area (Å²) in [6, 6.07) is -0.567. The van der Waals surface area contributed by atoms with Crippen molar-refractivity contribution in [1.82, 2.24) is 10.7 Å². The summed E-state index contributed by atoms with van der Waals surface area (Å²) >= 11 is 0. The monoisotopic (exact) mass is 117 g/mol. The highest BCUT2D eigenvalue weighted by molar-refractivity contribution is 5.73. The van der Waals surface area contributed by atoms with Crippen LogP contribution in [-0.4, -0.2) is 12.6 Å². The number of urea groups is 1. The van der Waals surface area contributed by atoms with Crippen molar-refractivity contribution in [2.75, 3.05) is 6.54 Å². The zero-order chi connectivity index (χ0) is 6.41. The van der Waals surface area contributed by atoms with E-state index in [1.165, 1.54) is 0 Å². The standard InChI is InChI=1S/C3H7N3O2/c1-2-4-3(7)5-6-8/h2H2,1H3,(H2,4,5,7,8). The van der Waals surface area contributed by atoms with Crippen LogP contribution >= 0.6 is 0 Å². The zero-order valence-corrected chi connectivity index (χ0v) is 4.47. The molecule has 0 heterocycles. The van der Waals surface area contributed by atoms with E-state index in [-0.39, 0.29) is 0 Å². The number of amides is 2. The first-order valence-electron chi connectivity index (χ1n) is 2.17. The lowest BCUT2D eigenvalue weighted by Crippen LogP contribution is -2.31. The van der Waals surface area contributed by atoms with Crippen LogP contribution in [0.4, 0.5) is 4.79 Å². The minimum Gasteiger partial charge on any atom is -0.337 e. The molecule has 2 amide bonds. The second-order valence-electron chi connectivity index (χ2n) is 1.06. The van der Waals surface area contributed by atoms with Crippen molar-refractivity contribution in [2.24, 2.45) is 5.29 Å². The molecule has 0 spiro atoms. The summed E-state index contributed by atoms with van der Waals surface area (Å²) in [5.74, 6) is 0. The summed E-state index contributed by atoms with van der Waals surface area (Å²) in [4.78, 5) is 19.4. The van der Waals surface area contributed by atoms with Crippen LogP contribution in [0.25, 0.3) is 0 Å². The summed E-state index contributed by atoms with van der Waals surface area (Å²) in [7, 11) is 0.